The maximum absolute atomic E-state index is 13.2. The molecule has 1 atom stereocenters. The molecule has 0 aromatic heterocycles. The van der Waals surface area contributed by atoms with Crippen molar-refractivity contribution in [2.75, 3.05) is 0 Å². The number of esters is 1. The quantitative estimate of drug-likeness (QED) is 0.436. The van der Waals surface area contributed by atoms with Crippen molar-refractivity contribution in [3.8, 4) is 5.75 Å². The molecule has 0 spiro atoms. The molecule has 3 rings (SSSR count). The summed E-state index contributed by atoms with van der Waals surface area (Å²) < 4.78 is 5.42. The lowest BCUT2D eigenvalue weighted by Crippen LogP contribution is -2.39. The van der Waals surface area contributed by atoms with Crippen molar-refractivity contribution in [3.05, 3.63) is 56.4 Å². The molecule has 0 bridgehead atoms. The van der Waals surface area contributed by atoms with Crippen LogP contribution in [0.15, 0.2) is 40.7 Å². The number of nitrogens with one attached hydrogen (secondary N) is 1. The Balaban J connectivity index is 2.23. The number of phenols is 1. The number of benzene rings is 1. The lowest BCUT2D eigenvalue weighted by molar-refractivity contribution is -0.385. The van der Waals surface area contributed by atoms with Gasteiger partial charge < -0.3 is 15.2 Å². The number of hydrogen-bond donors (Lipinski definition) is 2. The molecule has 30 heavy (non-hydrogen) atoms. The molecule has 8 heteroatoms. The zero-order valence-electron chi connectivity index (χ0n) is 17.7. The van der Waals surface area contributed by atoms with Crippen LogP contribution in [0.4, 0.5) is 5.69 Å². The molecule has 0 fully saturated rings. The number of nitro groups is 1. The highest BCUT2D eigenvalue weighted by atomic mass is 16.6. The number of phenolic OH excluding ortho intramolecular Hbond substituents is 1. The lowest BCUT2D eigenvalue weighted by atomic mass is 9.68. The largest absolute Gasteiger partial charge is 0.502 e. The summed E-state index contributed by atoms with van der Waals surface area (Å²) in [5.41, 5.74) is 1.60. The second-order valence-electron chi connectivity index (χ2n) is 8.89. The minimum Gasteiger partial charge on any atom is -0.502 e. The van der Waals surface area contributed by atoms with Gasteiger partial charge in [0, 0.05) is 35.4 Å². The maximum atomic E-state index is 13.2. The first kappa shape index (κ1) is 21.5. The van der Waals surface area contributed by atoms with Crippen molar-refractivity contribution in [2.24, 2.45) is 5.41 Å². The van der Waals surface area contributed by atoms with Gasteiger partial charge in [0.25, 0.3) is 0 Å². The third-order valence-corrected chi connectivity index (χ3v) is 5.33. The fourth-order valence-corrected chi connectivity index (χ4v) is 4.18. The summed E-state index contributed by atoms with van der Waals surface area (Å²) >= 11 is 0. The summed E-state index contributed by atoms with van der Waals surface area (Å²) in [5, 5.41) is 24.4. The van der Waals surface area contributed by atoms with Crippen LogP contribution < -0.4 is 5.32 Å². The predicted molar refractivity (Wildman–Crippen MR) is 110 cm³/mol. The Hall–Kier alpha value is -3.16. The number of carbonyl (C=O) groups is 2. The van der Waals surface area contributed by atoms with E-state index in [1.807, 2.05) is 13.8 Å². The van der Waals surface area contributed by atoms with Crippen molar-refractivity contribution < 1.29 is 24.4 Å². The van der Waals surface area contributed by atoms with Crippen LogP contribution in [0, 0.1) is 15.5 Å². The van der Waals surface area contributed by atoms with Crippen molar-refractivity contribution >= 4 is 17.4 Å². The lowest BCUT2D eigenvalue weighted by Gasteiger charge is -2.39. The van der Waals surface area contributed by atoms with E-state index in [0.29, 0.717) is 29.7 Å². The average Bonchev–Trinajstić information content (AvgIpc) is 2.58. The Morgan fingerprint density at radius 1 is 1.33 bits per heavy atom. The number of dihydropyridines is 1. The number of aromatic hydroxyl groups is 1. The smallest absolute Gasteiger partial charge is 0.337 e. The summed E-state index contributed by atoms with van der Waals surface area (Å²) in [6.07, 6.45) is 0.536. The number of nitrogens with zero attached hydrogens (tertiary/aromatic N) is 1. The van der Waals surface area contributed by atoms with Gasteiger partial charge in [-0.2, -0.15) is 0 Å². The molecule has 1 aliphatic carbocycles. The number of carbonyl (C=O) groups excluding carboxylic acids is 2. The summed E-state index contributed by atoms with van der Waals surface area (Å²) in [4.78, 5) is 36.8. The van der Waals surface area contributed by atoms with E-state index in [1.54, 1.807) is 20.8 Å². The Bertz CT molecular complexity index is 1000. The number of allylic oxidation sites excluding steroid dienone is 3. The van der Waals surface area contributed by atoms with Gasteiger partial charge >= 0.3 is 11.7 Å². The van der Waals surface area contributed by atoms with Crippen LogP contribution in [-0.4, -0.2) is 27.9 Å². The Labute approximate surface area is 174 Å². The molecule has 0 radical (unpaired) electrons. The molecule has 2 N–H and O–H groups in total. The Morgan fingerprint density at radius 3 is 2.60 bits per heavy atom. The van der Waals surface area contributed by atoms with E-state index >= 15 is 0 Å². The molecule has 160 valence electrons. The third kappa shape index (κ3) is 3.94. The van der Waals surface area contributed by atoms with E-state index in [-0.39, 0.29) is 22.9 Å². The van der Waals surface area contributed by atoms with Crippen molar-refractivity contribution in [1.82, 2.24) is 5.32 Å². The van der Waals surface area contributed by atoms with Crippen LogP contribution in [0.3, 0.4) is 0 Å². The van der Waals surface area contributed by atoms with Crippen molar-refractivity contribution in [2.45, 2.75) is 59.5 Å². The first-order chi connectivity index (χ1) is 13.9. The van der Waals surface area contributed by atoms with Gasteiger partial charge in [0.1, 0.15) is 0 Å². The van der Waals surface area contributed by atoms with E-state index in [0.717, 1.165) is 5.70 Å². The van der Waals surface area contributed by atoms with Gasteiger partial charge in [-0.3, -0.25) is 14.9 Å². The van der Waals surface area contributed by atoms with Crippen LogP contribution in [0.5, 0.6) is 5.75 Å². The van der Waals surface area contributed by atoms with E-state index in [1.165, 1.54) is 18.2 Å². The standard InChI is InChI=1S/C22H26N2O6/c1-11(2)30-21(27)18-12(3)23-14-9-22(4,5)10-17(26)20(14)19(18)13-6-7-16(25)15(8-13)24(28)29/h6-8,11,19,23,25H,9-10H2,1-5H3/t19-/m1/s1. The monoisotopic (exact) mass is 414 g/mol. The molecule has 0 saturated carbocycles. The minimum absolute atomic E-state index is 0.114. The fraction of sp³-hybridized carbons (Fsp3) is 0.455. The molecule has 1 heterocycles. The van der Waals surface area contributed by atoms with Gasteiger partial charge in [0.15, 0.2) is 11.5 Å². The molecule has 1 aromatic carbocycles. The SMILES string of the molecule is CC1=C(C(=O)OC(C)C)[C@@H](c2ccc(O)c([N+](=O)[O-])c2)C2=C(CC(C)(C)CC2=O)N1. The van der Waals surface area contributed by atoms with Crippen LogP contribution >= 0.6 is 0 Å². The summed E-state index contributed by atoms with van der Waals surface area (Å²) in [6.45, 7) is 9.18. The molecular weight excluding hydrogens is 388 g/mol. The summed E-state index contributed by atoms with van der Waals surface area (Å²) in [7, 11) is 0. The highest BCUT2D eigenvalue weighted by Gasteiger charge is 2.43. The average molecular weight is 414 g/mol. The second kappa shape index (κ2) is 7.59. The normalized spacial score (nSPS) is 20.7. The highest BCUT2D eigenvalue weighted by molar-refractivity contribution is 6.04. The zero-order valence-corrected chi connectivity index (χ0v) is 17.7. The van der Waals surface area contributed by atoms with Gasteiger partial charge in [-0.1, -0.05) is 19.9 Å². The first-order valence-electron chi connectivity index (χ1n) is 9.83. The molecule has 0 unspecified atom stereocenters. The predicted octanol–water partition coefficient (Wildman–Crippen LogP) is 3.86. The molecular formula is C22H26N2O6. The number of Topliss-reactive ketones (excluding diaryl/α,β-unsaturated/α-hetero) is 1. The minimum atomic E-state index is -0.810. The molecule has 1 aromatic rings. The number of nitro benzene ring substituents is 1. The highest BCUT2D eigenvalue weighted by Crippen LogP contribution is 2.47. The number of hydrogen-bond acceptors (Lipinski definition) is 7. The molecule has 0 amide bonds. The first-order valence-corrected chi connectivity index (χ1v) is 9.83. The zero-order chi connectivity index (χ0) is 22.4. The maximum Gasteiger partial charge on any atom is 0.337 e. The number of rotatable bonds is 4. The number of ketones is 1. The molecule has 1 aliphatic heterocycles. The Kier molecular flexibility index (Phi) is 5.45. The topological polar surface area (TPSA) is 119 Å². The van der Waals surface area contributed by atoms with Crippen LogP contribution in [0.2, 0.25) is 0 Å². The second-order valence-corrected chi connectivity index (χ2v) is 8.89. The van der Waals surface area contributed by atoms with Crippen LogP contribution in [0.1, 0.15) is 58.9 Å². The van der Waals surface area contributed by atoms with E-state index in [9.17, 15) is 24.8 Å². The van der Waals surface area contributed by atoms with E-state index in [2.05, 4.69) is 5.32 Å². The molecule has 8 nitrogen and oxygen atoms in total. The van der Waals surface area contributed by atoms with Crippen LogP contribution in [-0.2, 0) is 14.3 Å². The summed E-state index contributed by atoms with van der Waals surface area (Å²) in [5.74, 6) is -1.98. The fourth-order valence-electron chi connectivity index (χ4n) is 4.18. The molecule has 2 aliphatic rings. The van der Waals surface area contributed by atoms with Crippen molar-refractivity contribution in [3.63, 3.8) is 0 Å². The Morgan fingerprint density at radius 2 is 2.00 bits per heavy atom. The van der Waals surface area contributed by atoms with E-state index < -0.39 is 28.2 Å². The molecule has 0 saturated heterocycles. The van der Waals surface area contributed by atoms with E-state index in [4.69, 9.17) is 4.74 Å². The van der Waals surface area contributed by atoms with Gasteiger partial charge in [0.2, 0.25) is 0 Å². The van der Waals surface area contributed by atoms with Gasteiger partial charge in [-0.25, -0.2) is 4.79 Å². The van der Waals surface area contributed by atoms with Gasteiger partial charge in [-0.15, -0.1) is 0 Å². The summed E-state index contributed by atoms with van der Waals surface area (Å²) in [6, 6.07) is 3.94. The van der Waals surface area contributed by atoms with Crippen molar-refractivity contribution in [1.29, 1.82) is 0 Å². The number of ether oxygens (including phenoxy) is 1. The van der Waals surface area contributed by atoms with Gasteiger partial charge in [-0.05, 0) is 44.2 Å². The van der Waals surface area contributed by atoms with Crippen LogP contribution in [0.25, 0.3) is 0 Å². The third-order valence-electron chi connectivity index (χ3n) is 5.33. The van der Waals surface area contributed by atoms with Gasteiger partial charge in [0.05, 0.1) is 16.6 Å².